The van der Waals surface area contributed by atoms with Crippen LogP contribution in [-0.2, 0) is 4.79 Å². The Bertz CT molecular complexity index is 350. The van der Waals surface area contributed by atoms with Crippen molar-refractivity contribution in [1.29, 1.82) is 0 Å². The van der Waals surface area contributed by atoms with E-state index in [1.807, 2.05) is 0 Å². The molecular formula is C8H14N4O4. The maximum absolute atomic E-state index is 10.4. The highest BCUT2D eigenvalue weighted by atomic mass is 16.5. The van der Waals surface area contributed by atoms with Gasteiger partial charge in [-0.3, -0.25) is 4.79 Å². The Morgan fingerprint density at radius 1 is 1.69 bits per heavy atom. The number of likely N-dealkylation sites (N-methyl/N-ethyl adjacent to an activating group) is 1. The van der Waals surface area contributed by atoms with Crippen molar-refractivity contribution in [2.45, 2.75) is 18.5 Å². The summed E-state index contributed by atoms with van der Waals surface area (Å²) < 4.78 is 4.81. The number of nitrogens with two attached hydrogens (primary N) is 1. The lowest BCUT2D eigenvalue weighted by molar-refractivity contribution is -0.137. The largest absolute Gasteiger partial charge is 0.481 e. The number of hydrogen-bond donors (Lipinski definition) is 4. The molecule has 90 valence electrons. The third-order valence-corrected chi connectivity index (χ3v) is 2.01. The van der Waals surface area contributed by atoms with Crippen LogP contribution in [0.2, 0.25) is 0 Å². The fourth-order valence-electron chi connectivity index (χ4n) is 1.12. The average Bonchev–Trinajstić information content (AvgIpc) is 2.68. The van der Waals surface area contributed by atoms with E-state index in [1.165, 1.54) is 0 Å². The monoisotopic (exact) mass is 230 g/mol. The van der Waals surface area contributed by atoms with Gasteiger partial charge in [-0.15, -0.1) is 0 Å². The Labute approximate surface area is 91.4 Å². The normalized spacial score (nSPS) is 14.7. The van der Waals surface area contributed by atoms with Gasteiger partial charge in [0.25, 0.3) is 0 Å². The van der Waals surface area contributed by atoms with Crippen LogP contribution in [0, 0.1) is 0 Å². The Balaban J connectivity index is 2.73. The number of nitrogens with zero attached hydrogens (tertiary/aromatic N) is 2. The molecule has 1 aromatic rings. The highest BCUT2D eigenvalue weighted by Gasteiger charge is 2.21. The van der Waals surface area contributed by atoms with Crippen molar-refractivity contribution < 1.29 is 19.5 Å². The van der Waals surface area contributed by atoms with E-state index in [0.717, 1.165) is 0 Å². The van der Waals surface area contributed by atoms with Gasteiger partial charge in [-0.1, -0.05) is 5.16 Å². The molecule has 8 heteroatoms. The summed E-state index contributed by atoms with van der Waals surface area (Å²) in [6.07, 6.45) is -0.287. The molecule has 0 spiro atoms. The fourth-order valence-corrected chi connectivity index (χ4v) is 1.12. The molecule has 1 aromatic heterocycles. The van der Waals surface area contributed by atoms with Gasteiger partial charge >= 0.3 is 5.97 Å². The van der Waals surface area contributed by atoms with Crippen LogP contribution < -0.4 is 11.1 Å². The molecule has 2 atom stereocenters. The minimum absolute atomic E-state index is 0.0473. The molecule has 0 bridgehead atoms. The zero-order chi connectivity index (χ0) is 12.1. The number of carbonyl (C=O) groups is 1. The fraction of sp³-hybridized carbons (Fsp3) is 0.625. The molecule has 16 heavy (non-hydrogen) atoms. The van der Waals surface area contributed by atoms with Crippen molar-refractivity contribution in [3.8, 4) is 0 Å². The smallest absolute Gasteiger partial charge is 0.305 e. The molecule has 0 saturated heterocycles. The minimum atomic E-state index is -1.04. The zero-order valence-corrected chi connectivity index (χ0v) is 8.75. The highest BCUT2D eigenvalue weighted by Crippen LogP contribution is 2.14. The van der Waals surface area contributed by atoms with Crippen LogP contribution in [-0.4, -0.2) is 40.0 Å². The van der Waals surface area contributed by atoms with Crippen LogP contribution in [0.25, 0.3) is 0 Å². The summed E-state index contributed by atoms with van der Waals surface area (Å²) in [5.41, 5.74) is 5.53. The molecule has 0 aliphatic carbocycles. The Hall–Kier alpha value is -1.51. The molecule has 0 aromatic carbocycles. The molecule has 8 nitrogen and oxygen atoms in total. The summed E-state index contributed by atoms with van der Waals surface area (Å²) in [6, 6.07) is -1.29. The lowest BCUT2D eigenvalue weighted by atomic mass is 10.2. The van der Waals surface area contributed by atoms with E-state index in [4.69, 9.17) is 20.5 Å². The molecule has 0 radical (unpaired) electrons. The van der Waals surface area contributed by atoms with Gasteiger partial charge < -0.3 is 25.8 Å². The SMILES string of the molecule is CNC(CO)c1noc(C(N)CC(=O)O)n1. The van der Waals surface area contributed by atoms with Gasteiger partial charge in [0.05, 0.1) is 25.1 Å². The van der Waals surface area contributed by atoms with Crippen molar-refractivity contribution in [3.63, 3.8) is 0 Å². The van der Waals surface area contributed by atoms with Crippen LogP contribution in [0.3, 0.4) is 0 Å². The topological polar surface area (TPSA) is 134 Å². The predicted octanol–water partition coefficient (Wildman–Crippen LogP) is -1.20. The van der Waals surface area contributed by atoms with E-state index >= 15 is 0 Å². The van der Waals surface area contributed by atoms with Gasteiger partial charge in [0.2, 0.25) is 5.89 Å². The molecule has 0 fully saturated rings. The van der Waals surface area contributed by atoms with Crippen molar-refractivity contribution >= 4 is 5.97 Å². The average molecular weight is 230 g/mol. The number of nitrogens with one attached hydrogen (secondary N) is 1. The van der Waals surface area contributed by atoms with E-state index < -0.39 is 18.1 Å². The first-order valence-corrected chi connectivity index (χ1v) is 4.67. The van der Waals surface area contributed by atoms with E-state index in [0.29, 0.717) is 0 Å². The summed E-state index contributed by atoms with van der Waals surface area (Å²) in [5.74, 6) is -0.744. The molecule has 1 rings (SSSR count). The number of aliphatic carboxylic acids is 1. The second-order valence-corrected chi connectivity index (χ2v) is 3.22. The summed E-state index contributed by atoms with van der Waals surface area (Å²) >= 11 is 0. The van der Waals surface area contributed by atoms with Gasteiger partial charge in [-0.2, -0.15) is 4.98 Å². The Kier molecular flexibility index (Phi) is 4.35. The van der Waals surface area contributed by atoms with Crippen LogP contribution in [0.1, 0.15) is 30.2 Å². The molecule has 0 saturated carbocycles. The lowest BCUT2D eigenvalue weighted by Gasteiger charge is -2.06. The first kappa shape index (κ1) is 12.6. The zero-order valence-electron chi connectivity index (χ0n) is 8.75. The number of aliphatic hydroxyl groups excluding tert-OH is 1. The van der Waals surface area contributed by atoms with Crippen molar-refractivity contribution in [2.75, 3.05) is 13.7 Å². The van der Waals surface area contributed by atoms with Crippen LogP contribution in [0.15, 0.2) is 4.52 Å². The molecule has 0 aliphatic heterocycles. The van der Waals surface area contributed by atoms with E-state index in [-0.39, 0.29) is 24.7 Å². The third-order valence-electron chi connectivity index (χ3n) is 2.01. The van der Waals surface area contributed by atoms with Crippen molar-refractivity contribution in [1.82, 2.24) is 15.5 Å². The summed E-state index contributed by atoms with van der Waals surface area (Å²) in [7, 11) is 1.63. The molecular weight excluding hydrogens is 216 g/mol. The minimum Gasteiger partial charge on any atom is -0.481 e. The molecule has 2 unspecified atom stereocenters. The van der Waals surface area contributed by atoms with Crippen molar-refractivity contribution in [3.05, 3.63) is 11.7 Å². The van der Waals surface area contributed by atoms with Crippen LogP contribution in [0.4, 0.5) is 0 Å². The van der Waals surface area contributed by atoms with Gasteiger partial charge in [-0.05, 0) is 7.05 Å². The van der Waals surface area contributed by atoms with Gasteiger partial charge in [-0.25, -0.2) is 0 Å². The summed E-state index contributed by atoms with van der Waals surface area (Å²) in [5, 5.41) is 23.9. The maximum atomic E-state index is 10.4. The third kappa shape index (κ3) is 2.99. The lowest BCUT2D eigenvalue weighted by Crippen LogP contribution is -2.21. The number of aliphatic hydroxyl groups is 1. The number of hydrogen-bond acceptors (Lipinski definition) is 7. The van der Waals surface area contributed by atoms with Gasteiger partial charge in [0.15, 0.2) is 5.82 Å². The highest BCUT2D eigenvalue weighted by molar-refractivity contribution is 5.67. The van der Waals surface area contributed by atoms with Gasteiger partial charge in [0.1, 0.15) is 0 Å². The second-order valence-electron chi connectivity index (χ2n) is 3.22. The number of rotatable bonds is 6. The first-order chi connectivity index (χ1) is 7.58. The van der Waals surface area contributed by atoms with E-state index in [1.54, 1.807) is 7.05 Å². The number of carboxylic acids is 1. The first-order valence-electron chi connectivity index (χ1n) is 4.67. The predicted molar refractivity (Wildman–Crippen MR) is 52.4 cm³/mol. The maximum Gasteiger partial charge on any atom is 0.305 e. The quantitative estimate of drug-likeness (QED) is 0.478. The number of aromatic nitrogens is 2. The van der Waals surface area contributed by atoms with Gasteiger partial charge in [0, 0.05) is 0 Å². The van der Waals surface area contributed by atoms with Crippen LogP contribution in [0.5, 0.6) is 0 Å². The molecule has 0 aliphatic rings. The standard InChI is InChI=1S/C8H14N4O4/c1-10-5(3-13)7-11-8(16-12-7)4(9)2-6(14)15/h4-5,10,13H,2-3,9H2,1H3,(H,14,15). The van der Waals surface area contributed by atoms with Crippen molar-refractivity contribution in [2.24, 2.45) is 5.73 Å². The van der Waals surface area contributed by atoms with E-state index in [2.05, 4.69) is 15.5 Å². The molecule has 5 N–H and O–H groups in total. The molecule has 0 amide bonds. The summed E-state index contributed by atoms with van der Waals surface area (Å²) in [6.45, 7) is -0.191. The Morgan fingerprint density at radius 3 is 2.88 bits per heavy atom. The second kappa shape index (κ2) is 5.54. The van der Waals surface area contributed by atoms with E-state index in [9.17, 15) is 4.79 Å². The van der Waals surface area contributed by atoms with Crippen LogP contribution >= 0.6 is 0 Å². The number of carboxylic acid groups (broad SMARTS) is 1. The molecule has 1 heterocycles. The Morgan fingerprint density at radius 2 is 2.38 bits per heavy atom. The summed E-state index contributed by atoms with van der Waals surface area (Å²) in [4.78, 5) is 14.3.